The van der Waals surface area contributed by atoms with Gasteiger partial charge in [-0.25, -0.2) is 0 Å². The molecule has 3 rings (SSSR count). The first-order chi connectivity index (χ1) is 13.0. The zero-order chi connectivity index (χ0) is 19.2. The number of nitrogens with one attached hydrogen (secondary N) is 1. The van der Waals surface area contributed by atoms with E-state index >= 15 is 0 Å². The van der Waals surface area contributed by atoms with Gasteiger partial charge in [-0.1, -0.05) is 30.3 Å². The van der Waals surface area contributed by atoms with Crippen molar-refractivity contribution in [2.45, 2.75) is 13.5 Å². The van der Waals surface area contributed by atoms with Crippen molar-refractivity contribution in [1.82, 2.24) is 0 Å². The highest BCUT2D eigenvalue weighted by molar-refractivity contribution is 6.04. The van der Waals surface area contributed by atoms with E-state index < -0.39 is 4.92 Å². The molecule has 6 heteroatoms. The van der Waals surface area contributed by atoms with E-state index in [4.69, 9.17) is 4.74 Å². The lowest BCUT2D eigenvalue weighted by atomic mass is 10.1. The maximum atomic E-state index is 12.3. The smallest absolute Gasteiger partial charge is 0.272 e. The van der Waals surface area contributed by atoms with Gasteiger partial charge in [0.2, 0.25) is 0 Å². The minimum Gasteiger partial charge on any atom is -0.489 e. The van der Waals surface area contributed by atoms with Gasteiger partial charge >= 0.3 is 0 Å². The molecule has 3 aromatic rings. The van der Waals surface area contributed by atoms with Crippen LogP contribution in [-0.4, -0.2) is 10.8 Å². The zero-order valence-electron chi connectivity index (χ0n) is 14.7. The van der Waals surface area contributed by atoms with E-state index in [0.717, 1.165) is 5.56 Å². The molecule has 0 heterocycles. The number of ether oxygens (including phenoxy) is 1. The van der Waals surface area contributed by atoms with Gasteiger partial charge in [-0.2, -0.15) is 0 Å². The van der Waals surface area contributed by atoms with Crippen molar-refractivity contribution >= 4 is 17.3 Å². The molecule has 0 spiro atoms. The molecule has 0 aliphatic rings. The Labute approximate surface area is 156 Å². The van der Waals surface area contributed by atoms with E-state index in [9.17, 15) is 14.9 Å². The molecule has 0 unspecified atom stereocenters. The number of rotatable bonds is 6. The minimum atomic E-state index is -0.449. The van der Waals surface area contributed by atoms with E-state index in [2.05, 4.69) is 5.32 Å². The number of amides is 1. The Kier molecular flexibility index (Phi) is 5.47. The number of nitro groups is 1. The highest BCUT2D eigenvalue weighted by atomic mass is 16.6. The Morgan fingerprint density at radius 2 is 1.74 bits per heavy atom. The molecule has 0 aliphatic heterocycles. The van der Waals surface area contributed by atoms with E-state index in [1.807, 2.05) is 30.3 Å². The van der Waals surface area contributed by atoms with Crippen molar-refractivity contribution in [2.24, 2.45) is 0 Å². The maximum Gasteiger partial charge on any atom is 0.272 e. The van der Waals surface area contributed by atoms with Crippen LogP contribution in [0.5, 0.6) is 5.75 Å². The predicted octanol–water partition coefficient (Wildman–Crippen LogP) is 4.73. The lowest BCUT2D eigenvalue weighted by Gasteiger charge is -2.09. The van der Waals surface area contributed by atoms with Gasteiger partial charge < -0.3 is 10.1 Å². The molecule has 27 heavy (non-hydrogen) atoms. The predicted molar refractivity (Wildman–Crippen MR) is 103 cm³/mol. The number of nitro benzene ring substituents is 1. The molecule has 0 aliphatic carbocycles. The van der Waals surface area contributed by atoms with Crippen molar-refractivity contribution in [2.75, 3.05) is 5.32 Å². The lowest BCUT2D eigenvalue weighted by Crippen LogP contribution is -2.12. The average Bonchev–Trinajstić information content (AvgIpc) is 2.67. The van der Waals surface area contributed by atoms with Gasteiger partial charge in [0.15, 0.2) is 0 Å². The summed E-state index contributed by atoms with van der Waals surface area (Å²) < 4.78 is 5.70. The first kappa shape index (κ1) is 18.1. The van der Waals surface area contributed by atoms with Crippen LogP contribution >= 0.6 is 0 Å². The van der Waals surface area contributed by atoms with Crippen molar-refractivity contribution in [3.8, 4) is 5.75 Å². The molecule has 0 bridgehead atoms. The van der Waals surface area contributed by atoms with Gasteiger partial charge in [-0.3, -0.25) is 14.9 Å². The monoisotopic (exact) mass is 362 g/mol. The van der Waals surface area contributed by atoms with Crippen LogP contribution in [0.4, 0.5) is 11.4 Å². The van der Waals surface area contributed by atoms with E-state index in [0.29, 0.717) is 29.2 Å². The highest BCUT2D eigenvalue weighted by Crippen LogP contribution is 2.22. The topological polar surface area (TPSA) is 81.5 Å². The van der Waals surface area contributed by atoms with Crippen LogP contribution in [0.3, 0.4) is 0 Å². The van der Waals surface area contributed by atoms with E-state index in [1.54, 1.807) is 37.3 Å². The fourth-order valence-corrected chi connectivity index (χ4v) is 2.58. The second-order valence-corrected chi connectivity index (χ2v) is 6.01. The third-order valence-electron chi connectivity index (χ3n) is 4.02. The van der Waals surface area contributed by atoms with Crippen LogP contribution < -0.4 is 10.1 Å². The summed E-state index contributed by atoms with van der Waals surface area (Å²) in [4.78, 5) is 22.8. The summed E-state index contributed by atoms with van der Waals surface area (Å²) in [6, 6.07) is 21.1. The van der Waals surface area contributed by atoms with Gasteiger partial charge in [0.1, 0.15) is 12.4 Å². The van der Waals surface area contributed by atoms with Crippen LogP contribution in [0.1, 0.15) is 21.5 Å². The van der Waals surface area contributed by atoms with Crippen molar-refractivity contribution < 1.29 is 14.5 Å². The Hall–Kier alpha value is -3.67. The first-order valence-electron chi connectivity index (χ1n) is 8.36. The molecule has 1 N–H and O–H groups in total. The number of hydrogen-bond acceptors (Lipinski definition) is 4. The lowest BCUT2D eigenvalue weighted by molar-refractivity contribution is -0.385. The molecular weight excluding hydrogens is 344 g/mol. The number of carbonyl (C=O) groups excluding carboxylic acids is 1. The molecule has 0 saturated carbocycles. The largest absolute Gasteiger partial charge is 0.489 e. The van der Waals surface area contributed by atoms with Crippen molar-refractivity contribution in [3.63, 3.8) is 0 Å². The van der Waals surface area contributed by atoms with Crippen LogP contribution in [0.2, 0.25) is 0 Å². The Bertz CT molecular complexity index is 954. The standard InChI is InChI=1S/C21H18N2O4/c1-15-13-18(9-12-20(15)23(25)26)22-21(24)17-7-10-19(11-8-17)27-14-16-5-3-2-4-6-16/h2-13H,14H2,1H3,(H,22,24). The van der Waals surface area contributed by atoms with Gasteiger partial charge in [-0.15, -0.1) is 0 Å². The van der Waals surface area contributed by atoms with Crippen molar-refractivity contribution in [1.29, 1.82) is 0 Å². The first-order valence-corrected chi connectivity index (χ1v) is 8.36. The molecule has 0 fully saturated rings. The van der Waals surface area contributed by atoms with Gasteiger partial charge in [0, 0.05) is 22.9 Å². The van der Waals surface area contributed by atoms with E-state index in [-0.39, 0.29) is 11.6 Å². The van der Waals surface area contributed by atoms with Gasteiger partial charge in [-0.05, 0) is 48.9 Å². The normalized spacial score (nSPS) is 10.3. The van der Waals surface area contributed by atoms with Crippen LogP contribution in [0.15, 0.2) is 72.8 Å². The van der Waals surface area contributed by atoms with Crippen molar-refractivity contribution in [3.05, 3.63) is 99.6 Å². The SMILES string of the molecule is Cc1cc(NC(=O)c2ccc(OCc3ccccc3)cc2)ccc1[N+](=O)[O-]. The fraction of sp³-hybridized carbons (Fsp3) is 0.0952. The maximum absolute atomic E-state index is 12.3. The van der Waals surface area contributed by atoms with E-state index in [1.165, 1.54) is 12.1 Å². The molecule has 0 atom stereocenters. The summed E-state index contributed by atoms with van der Waals surface area (Å²) >= 11 is 0. The molecule has 0 radical (unpaired) electrons. The quantitative estimate of drug-likeness (QED) is 0.507. The molecule has 3 aromatic carbocycles. The molecule has 1 amide bonds. The zero-order valence-corrected chi connectivity index (χ0v) is 14.7. The molecule has 0 aromatic heterocycles. The van der Waals surface area contributed by atoms with Gasteiger partial charge in [0.05, 0.1) is 4.92 Å². The fourth-order valence-electron chi connectivity index (χ4n) is 2.58. The summed E-state index contributed by atoms with van der Waals surface area (Å²) in [5.74, 6) is 0.374. The summed E-state index contributed by atoms with van der Waals surface area (Å²) in [6.07, 6.45) is 0. The second-order valence-electron chi connectivity index (χ2n) is 6.01. The summed E-state index contributed by atoms with van der Waals surface area (Å²) in [5.41, 5.74) is 2.55. The average molecular weight is 362 g/mol. The Morgan fingerprint density at radius 3 is 2.37 bits per heavy atom. The second kappa shape index (κ2) is 8.14. The molecular formula is C21H18N2O4. The Balaban J connectivity index is 1.62. The number of hydrogen-bond donors (Lipinski definition) is 1. The third kappa shape index (κ3) is 4.70. The summed E-state index contributed by atoms with van der Waals surface area (Å²) in [7, 11) is 0. The number of aryl methyl sites for hydroxylation is 1. The molecule has 6 nitrogen and oxygen atoms in total. The number of benzene rings is 3. The number of carbonyl (C=O) groups is 1. The van der Waals surface area contributed by atoms with Crippen LogP contribution in [0, 0.1) is 17.0 Å². The Morgan fingerprint density at radius 1 is 1.04 bits per heavy atom. The number of nitrogens with zero attached hydrogens (tertiary/aromatic N) is 1. The minimum absolute atomic E-state index is 0.0212. The molecule has 0 saturated heterocycles. The third-order valence-corrected chi connectivity index (χ3v) is 4.02. The highest BCUT2D eigenvalue weighted by Gasteiger charge is 2.12. The van der Waals surface area contributed by atoms with Crippen LogP contribution in [0.25, 0.3) is 0 Å². The molecule has 136 valence electrons. The number of anilines is 1. The van der Waals surface area contributed by atoms with Gasteiger partial charge in [0.25, 0.3) is 11.6 Å². The van der Waals surface area contributed by atoms with Crippen LogP contribution in [-0.2, 0) is 6.61 Å². The summed E-state index contributed by atoms with van der Waals surface area (Å²) in [6.45, 7) is 2.08. The summed E-state index contributed by atoms with van der Waals surface area (Å²) in [5, 5.41) is 13.6.